The van der Waals surface area contributed by atoms with Crippen molar-refractivity contribution in [1.82, 2.24) is 0 Å². The molecule has 0 aromatic rings. The van der Waals surface area contributed by atoms with Crippen LogP contribution in [0.5, 0.6) is 0 Å². The summed E-state index contributed by atoms with van der Waals surface area (Å²) in [7, 11) is 3.53. The maximum atomic E-state index is 10.3. The minimum atomic E-state index is -0.957. The normalized spacial score (nSPS) is 13.8. The van der Waals surface area contributed by atoms with Crippen molar-refractivity contribution in [3.8, 4) is 0 Å². The second-order valence-corrected chi connectivity index (χ2v) is 16.7. The summed E-state index contributed by atoms with van der Waals surface area (Å²) in [6, 6.07) is 1.31. The molecule has 0 heterocycles. The minimum Gasteiger partial charge on any atom is -0.385 e. The van der Waals surface area contributed by atoms with Gasteiger partial charge in [0.2, 0.25) is 0 Å². The van der Waals surface area contributed by atoms with E-state index in [9.17, 15) is 5.11 Å². The van der Waals surface area contributed by atoms with E-state index in [0.29, 0.717) is 6.61 Å². The van der Waals surface area contributed by atoms with E-state index < -0.39 is 8.07 Å². The zero-order valence-corrected chi connectivity index (χ0v) is 22.1. The Kier molecular flexibility index (Phi) is 17.8. The zero-order chi connectivity index (χ0) is 22.0. The molecular formula is C25H56NO2Si+. The molecule has 0 aromatic carbocycles. The number of hydrogen-bond donors (Lipinski definition) is 1. The van der Waals surface area contributed by atoms with Crippen LogP contribution >= 0.6 is 0 Å². The molecule has 1 unspecified atom stereocenters. The lowest BCUT2D eigenvalue weighted by atomic mass is 10.1. The highest BCUT2D eigenvalue weighted by molar-refractivity contribution is 6.76. The van der Waals surface area contributed by atoms with Gasteiger partial charge in [0.25, 0.3) is 0 Å². The predicted octanol–water partition coefficient (Wildman–Crippen LogP) is 6.87. The van der Waals surface area contributed by atoms with Crippen LogP contribution in [0.1, 0.15) is 90.4 Å². The van der Waals surface area contributed by atoms with Gasteiger partial charge in [0.1, 0.15) is 12.6 Å². The molecule has 29 heavy (non-hydrogen) atoms. The Labute approximate surface area is 185 Å². The molecule has 1 N–H and O–H groups in total. The lowest BCUT2D eigenvalue weighted by Crippen LogP contribution is -2.47. The summed E-state index contributed by atoms with van der Waals surface area (Å²) in [5, 5.41) is 10.3. The molecule has 0 saturated heterocycles. The smallest absolute Gasteiger partial charge is 0.126 e. The summed E-state index contributed by atoms with van der Waals surface area (Å²) < 4.78 is 6.62. The van der Waals surface area contributed by atoms with Crippen molar-refractivity contribution in [2.24, 2.45) is 0 Å². The van der Waals surface area contributed by atoms with E-state index in [1.807, 2.05) is 0 Å². The first-order valence-electron chi connectivity index (χ1n) is 12.7. The van der Waals surface area contributed by atoms with Crippen LogP contribution < -0.4 is 0 Å². The van der Waals surface area contributed by atoms with Crippen molar-refractivity contribution in [3.05, 3.63) is 0 Å². The van der Waals surface area contributed by atoms with Crippen LogP contribution in [-0.4, -0.2) is 64.2 Å². The molecule has 0 spiro atoms. The first-order valence-corrected chi connectivity index (χ1v) is 16.4. The number of unbranched alkanes of at least 4 members (excludes halogenated alkanes) is 11. The monoisotopic (exact) mass is 430 g/mol. The van der Waals surface area contributed by atoms with E-state index in [4.69, 9.17) is 4.74 Å². The topological polar surface area (TPSA) is 29.5 Å². The van der Waals surface area contributed by atoms with Gasteiger partial charge in [-0.15, -0.1) is 0 Å². The van der Waals surface area contributed by atoms with Gasteiger partial charge >= 0.3 is 0 Å². The summed E-state index contributed by atoms with van der Waals surface area (Å²) >= 11 is 0. The number of rotatable bonds is 21. The number of aliphatic hydroxyl groups is 1. The van der Waals surface area contributed by atoms with Crippen molar-refractivity contribution >= 4 is 8.07 Å². The van der Waals surface area contributed by atoms with Crippen molar-refractivity contribution < 1.29 is 14.3 Å². The van der Waals surface area contributed by atoms with Crippen LogP contribution in [0.25, 0.3) is 0 Å². The molecular weight excluding hydrogens is 374 g/mol. The number of aliphatic hydroxyl groups excluding tert-OH is 1. The molecule has 0 rings (SSSR count). The Morgan fingerprint density at radius 3 is 1.72 bits per heavy atom. The zero-order valence-electron chi connectivity index (χ0n) is 21.1. The lowest BCUT2D eigenvalue weighted by Gasteiger charge is -2.32. The Hall–Kier alpha value is 0.0969. The standard InChI is InChI=1S/C25H56NO2Si/c1-7-8-9-10-11-12-13-14-15-16-17-18-20-26(2,3)23-25(27)24-28-21-19-22-29(4,5)6/h25,27H,7-24H2,1-6H3/q+1. The van der Waals surface area contributed by atoms with Gasteiger partial charge < -0.3 is 14.3 Å². The summed E-state index contributed by atoms with van der Waals surface area (Å²) in [6.07, 6.45) is 17.5. The molecule has 0 amide bonds. The minimum absolute atomic E-state index is 0.339. The van der Waals surface area contributed by atoms with Crippen LogP contribution in [0.15, 0.2) is 0 Å². The SMILES string of the molecule is CCCCCCCCCCCCCC[N+](C)(C)CC(O)COCCC[Si](C)(C)C. The maximum Gasteiger partial charge on any atom is 0.126 e. The molecule has 0 aliphatic carbocycles. The third-order valence-electron chi connectivity index (χ3n) is 5.85. The molecule has 0 aliphatic heterocycles. The molecule has 0 fully saturated rings. The molecule has 1 atom stereocenters. The number of nitrogens with zero attached hydrogens (tertiary/aromatic N) is 1. The molecule has 0 radical (unpaired) electrons. The molecule has 3 nitrogen and oxygen atoms in total. The van der Waals surface area contributed by atoms with Gasteiger partial charge in [-0.2, -0.15) is 0 Å². The Morgan fingerprint density at radius 1 is 0.759 bits per heavy atom. The molecule has 176 valence electrons. The van der Waals surface area contributed by atoms with Crippen molar-refractivity contribution in [1.29, 1.82) is 0 Å². The molecule has 0 saturated carbocycles. The third kappa shape index (κ3) is 22.6. The number of likely N-dealkylation sites (N-methyl/N-ethyl adjacent to an activating group) is 1. The van der Waals surface area contributed by atoms with Gasteiger partial charge in [-0.3, -0.25) is 0 Å². The highest BCUT2D eigenvalue weighted by Crippen LogP contribution is 2.13. The third-order valence-corrected chi connectivity index (χ3v) is 7.70. The Bertz CT molecular complexity index is 355. The van der Waals surface area contributed by atoms with Crippen molar-refractivity contribution in [3.63, 3.8) is 0 Å². The van der Waals surface area contributed by atoms with Crippen LogP contribution in [0.2, 0.25) is 25.7 Å². The van der Waals surface area contributed by atoms with Gasteiger partial charge in [-0.25, -0.2) is 0 Å². The summed E-state index contributed by atoms with van der Waals surface area (Å²) in [5.41, 5.74) is 0. The van der Waals surface area contributed by atoms with Gasteiger partial charge in [-0.1, -0.05) is 96.8 Å². The van der Waals surface area contributed by atoms with E-state index in [1.54, 1.807) is 0 Å². The fourth-order valence-corrected chi connectivity index (χ4v) is 5.22. The van der Waals surface area contributed by atoms with Gasteiger partial charge in [-0.05, 0) is 19.3 Å². The first-order chi connectivity index (χ1) is 13.7. The average molecular weight is 431 g/mol. The van der Waals surface area contributed by atoms with E-state index in [-0.39, 0.29) is 6.10 Å². The summed E-state index contributed by atoms with van der Waals surface area (Å²) in [5.74, 6) is 0. The van der Waals surface area contributed by atoms with Crippen LogP contribution in [0.3, 0.4) is 0 Å². The summed E-state index contributed by atoms with van der Waals surface area (Å²) in [6.45, 7) is 12.7. The highest BCUT2D eigenvalue weighted by Gasteiger charge is 2.20. The summed E-state index contributed by atoms with van der Waals surface area (Å²) in [4.78, 5) is 0. The van der Waals surface area contributed by atoms with Gasteiger partial charge in [0, 0.05) is 14.7 Å². The predicted molar refractivity (Wildman–Crippen MR) is 133 cm³/mol. The van der Waals surface area contributed by atoms with Gasteiger partial charge in [0.05, 0.1) is 27.2 Å². The Morgan fingerprint density at radius 2 is 1.24 bits per heavy atom. The molecule has 0 aliphatic rings. The Balaban J connectivity index is 3.53. The van der Waals surface area contributed by atoms with Gasteiger partial charge in [0.15, 0.2) is 0 Å². The molecule has 0 aromatic heterocycles. The van der Waals surface area contributed by atoms with Crippen LogP contribution in [-0.2, 0) is 4.74 Å². The number of quaternary nitrogens is 1. The largest absolute Gasteiger partial charge is 0.385 e. The average Bonchev–Trinajstić information content (AvgIpc) is 2.61. The van der Waals surface area contributed by atoms with E-state index in [0.717, 1.165) is 30.6 Å². The van der Waals surface area contributed by atoms with E-state index >= 15 is 0 Å². The quantitative estimate of drug-likeness (QED) is 0.122. The second kappa shape index (κ2) is 17.7. The van der Waals surface area contributed by atoms with Crippen LogP contribution in [0.4, 0.5) is 0 Å². The van der Waals surface area contributed by atoms with Crippen molar-refractivity contribution in [2.45, 2.75) is 122 Å². The molecule has 4 heteroatoms. The lowest BCUT2D eigenvalue weighted by molar-refractivity contribution is -0.893. The van der Waals surface area contributed by atoms with Crippen LogP contribution in [0, 0.1) is 0 Å². The second-order valence-electron chi connectivity index (χ2n) is 11.1. The van der Waals surface area contributed by atoms with E-state index in [2.05, 4.69) is 40.7 Å². The highest BCUT2D eigenvalue weighted by atomic mass is 28.3. The number of hydrogen-bond acceptors (Lipinski definition) is 2. The fraction of sp³-hybridized carbons (Fsp3) is 1.00. The first kappa shape index (κ1) is 29.1. The van der Waals surface area contributed by atoms with E-state index in [1.165, 1.54) is 83.1 Å². The number of ether oxygens (including phenoxy) is 1. The maximum absolute atomic E-state index is 10.3. The fourth-order valence-electron chi connectivity index (χ4n) is 4.02. The van der Waals surface area contributed by atoms with Crippen molar-refractivity contribution in [2.75, 3.05) is 40.4 Å². The molecule has 0 bridgehead atoms.